The van der Waals surface area contributed by atoms with Gasteiger partial charge in [-0.2, -0.15) is 0 Å². The van der Waals surface area contributed by atoms with Gasteiger partial charge in [0.2, 0.25) is 0 Å². The molecule has 0 fully saturated rings. The van der Waals surface area contributed by atoms with Crippen LogP contribution in [0.25, 0.3) is 0 Å². The highest BCUT2D eigenvalue weighted by Gasteiger charge is 2.19. The van der Waals surface area contributed by atoms with Gasteiger partial charge in [0, 0.05) is 19.3 Å². The third-order valence-electron chi connectivity index (χ3n) is 16.2. The third-order valence-corrected chi connectivity index (χ3v) is 16.2. The topological polar surface area (TPSA) is 78.9 Å². The normalized spacial score (nSPS) is 12.1. The minimum absolute atomic E-state index is 0.0660. The standard InChI is InChI=1S/C72H136O6/c1-4-7-10-13-16-19-21-23-25-27-29-31-33-34-35-36-37-38-40-41-43-45-47-49-51-53-56-59-62-65-71(74)77-68-69(67-76-70(73)64-61-58-55-18-15-12-9-6-3)78-72(75)66-63-60-57-54-52-50-48-46-44-42-39-32-30-28-26-24-22-20-17-14-11-8-5-2/h22,24,28,30,69H,4-21,23,25-27,29,31-68H2,1-3H3/b24-22-,30-28-. The molecule has 0 aliphatic heterocycles. The average Bonchev–Trinajstić information content (AvgIpc) is 3.44. The highest BCUT2D eigenvalue weighted by atomic mass is 16.6. The van der Waals surface area contributed by atoms with Gasteiger partial charge in [-0.1, -0.05) is 353 Å². The molecule has 0 rings (SSSR count). The molecule has 0 aliphatic rings. The molecular formula is C72H136O6. The van der Waals surface area contributed by atoms with Crippen LogP contribution >= 0.6 is 0 Å². The lowest BCUT2D eigenvalue weighted by Crippen LogP contribution is -2.30. The van der Waals surface area contributed by atoms with Crippen molar-refractivity contribution in [1.29, 1.82) is 0 Å². The van der Waals surface area contributed by atoms with Crippen LogP contribution in [-0.2, 0) is 28.6 Å². The number of carbonyl (C=O) groups excluding carboxylic acids is 3. The van der Waals surface area contributed by atoms with E-state index in [9.17, 15) is 14.4 Å². The fourth-order valence-corrected chi connectivity index (χ4v) is 10.9. The smallest absolute Gasteiger partial charge is 0.306 e. The summed E-state index contributed by atoms with van der Waals surface area (Å²) in [5, 5.41) is 0. The van der Waals surface area contributed by atoms with Gasteiger partial charge in [0.15, 0.2) is 6.10 Å². The molecule has 460 valence electrons. The Kier molecular flexibility index (Phi) is 65.6. The molecular weight excluding hydrogens is 961 g/mol. The summed E-state index contributed by atoms with van der Waals surface area (Å²) < 4.78 is 16.9. The van der Waals surface area contributed by atoms with Crippen LogP contribution in [0.5, 0.6) is 0 Å². The number of allylic oxidation sites excluding steroid dienone is 4. The van der Waals surface area contributed by atoms with Gasteiger partial charge in [0.1, 0.15) is 13.2 Å². The summed E-state index contributed by atoms with van der Waals surface area (Å²) in [6.45, 7) is 6.67. The van der Waals surface area contributed by atoms with E-state index in [1.807, 2.05) is 0 Å². The third kappa shape index (κ3) is 64.7. The molecule has 0 radical (unpaired) electrons. The molecule has 0 saturated heterocycles. The molecule has 6 nitrogen and oxygen atoms in total. The minimum Gasteiger partial charge on any atom is -0.462 e. The molecule has 0 bridgehead atoms. The van der Waals surface area contributed by atoms with Crippen LogP contribution in [0.4, 0.5) is 0 Å². The molecule has 78 heavy (non-hydrogen) atoms. The van der Waals surface area contributed by atoms with E-state index < -0.39 is 6.10 Å². The monoisotopic (exact) mass is 1100 g/mol. The zero-order valence-corrected chi connectivity index (χ0v) is 53.0. The van der Waals surface area contributed by atoms with Crippen molar-refractivity contribution in [2.45, 2.75) is 406 Å². The molecule has 0 aromatic rings. The van der Waals surface area contributed by atoms with E-state index in [0.29, 0.717) is 19.3 Å². The Morgan fingerprint density at radius 2 is 0.462 bits per heavy atom. The van der Waals surface area contributed by atoms with E-state index in [0.717, 1.165) is 64.2 Å². The van der Waals surface area contributed by atoms with Gasteiger partial charge >= 0.3 is 17.9 Å². The number of ether oxygens (including phenoxy) is 3. The Hall–Kier alpha value is -2.11. The average molecular weight is 1100 g/mol. The molecule has 1 atom stereocenters. The number of hydrogen-bond donors (Lipinski definition) is 0. The highest BCUT2D eigenvalue weighted by Crippen LogP contribution is 2.19. The van der Waals surface area contributed by atoms with Crippen molar-refractivity contribution in [3.63, 3.8) is 0 Å². The molecule has 0 heterocycles. The molecule has 6 heteroatoms. The Bertz CT molecular complexity index is 1260. The molecule has 0 aliphatic carbocycles. The molecule has 1 unspecified atom stereocenters. The van der Waals surface area contributed by atoms with Gasteiger partial charge in [0.05, 0.1) is 0 Å². The molecule has 0 N–H and O–H groups in total. The summed E-state index contributed by atoms with van der Waals surface area (Å²) in [5.41, 5.74) is 0. The fourth-order valence-electron chi connectivity index (χ4n) is 10.9. The summed E-state index contributed by atoms with van der Waals surface area (Å²) >= 11 is 0. The summed E-state index contributed by atoms with van der Waals surface area (Å²) in [4.78, 5) is 38.2. The Balaban J connectivity index is 4.04. The van der Waals surface area contributed by atoms with E-state index in [1.54, 1.807) is 0 Å². The van der Waals surface area contributed by atoms with Gasteiger partial charge in [-0.15, -0.1) is 0 Å². The molecule has 0 spiro atoms. The summed E-state index contributed by atoms with van der Waals surface area (Å²) in [6.07, 6.45) is 82.4. The van der Waals surface area contributed by atoms with Crippen LogP contribution in [0.1, 0.15) is 400 Å². The number of unbranched alkanes of at least 4 members (excludes halogenated alkanes) is 51. The Morgan fingerprint density at radius 1 is 0.256 bits per heavy atom. The molecule has 0 amide bonds. The number of rotatable bonds is 66. The van der Waals surface area contributed by atoms with E-state index in [2.05, 4.69) is 45.1 Å². The SMILES string of the molecule is CCCCCCC/C=C\C/C=C\CCCCCCCCCCCCCC(=O)OC(COC(=O)CCCCCCCCCC)COC(=O)CCCCCCCCCCCCCCCCCCCCCCCCCCCCCCC. The highest BCUT2D eigenvalue weighted by molar-refractivity contribution is 5.71. The zero-order chi connectivity index (χ0) is 56.4. The Labute approximate surface area is 487 Å². The zero-order valence-electron chi connectivity index (χ0n) is 53.0. The van der Waals surface area contributed by atoms with Crippen molar-refractivity contribution in [2.75, 3.05) is 13.2 Å². The second-order valence-corrected chi connectivity index (χ2v) is 24.2. The van der Waals surface area contributed by atoms with Gasteiger partial charge in [0.25, 0.3) is 0 Å². The predicted octanol–water partition coefficient (Wildman–Crippen LogP) is 24.2. The number of hydrogen-bond acceptors (Lipinski definition) is 6. The number of carbonyl (C=O) groups is 3. The van der Waals surface area contributed by atoms with E-state index >= 15 is 0 Å². The van der Waals surface area contributed by atoms with Crippen molar-refractivity contribution in [1.82, 2.24) is 0 Å². The molecule has 0 saturated carbocycles. The second kappa shape index (κ2) is 67.4. The van der Waals surface area contributed by atoms with Crippen LogP contribution in [-0.4, -0.2) is 37.2 Å². The van der Waals surface area contributed by atoms with Crippen LogP contribution < -0.4 is 0 Å². The fraction of sp³-hybridized carbons (Fsp3) is 0.903. The van der Waals surface area contributed by atoms with Gasteiger partial charge in [-0.25, -0.2) is 0 Å². The van der Waals surface area contributed by atoms with E-state index in [-0.39, 0.29) is 31.1 Å². The Morgan fingerprint density at radius 3 is 0.705 bits per heavy atom. The minimum atomic E-state index is -0.768. The van der Waals surface area contributed by atoms with Crippen molar-refractivity contribution in [3.05, 3.63) is 24.3 Å². The quantitative estimate of drug-likeness (QED) is 0.0261. The first-order chi connectivity index (χ1) is 38.5. The first kappa shape index (κ1) is 75.9. The molecule has 0 aromatic carbocycles. The van der Waals surface area contributed by atoms with Gasteiger partial charge in [-0.3, -0.25) is 14.4 Å². The maximum absolute atomic E-state index is 12.9. The number of esters is 3. The summed E-state index contributed by atoms with van der Waals surface area (Å²) in [7, 11) is 0. The maximum atomic E-state index is 12.9. The van der Waals surface area contributed by atoms with Gasteiger partial charge in [-0.05, 0) is 51.4 Å². The molecule has 0 aromatic heterocycles. The second-order valence-electron chi connectivity index (χ2n) is 24.2. The first-order valence-electron chi connectivity index (χ1n) is 35.3. The summed E-state index contributed by atoms with van der Waals surface area (Å²) in [5.74, 6) is -0.844. The van der Waals surface area contributed by atoms with Crippen LogP contribution in [0.3, 0.4) is 0 Å². The summed E-state index contributed by atoms with van der Waals surface area (Å²) in [6, 6.07) is 0. The van der Waals surface area contributed by atoms with Crippen molar-refractivity contribution in [3.8, 4) is 0 Å². The lowest BCUT2D eigenvalue weighted by molar-refractivity contribution is -0.167. The lowest BCUT2D eigenvalue weighted by Gasteiger charge is -2.18. The van der Waals surface area contributed by atoms with Crippen LogP contribution in [0, 0.1) is 0 Å². The van der Waals surface area contributed by atoms with Crippen molar-refractivity contribution >= 4 is 17.9 Å². The van der Waals surface area contributed by atoms with Crippen LogP contribution in [0.2, 0.25) is 0 Å². The first-order valence-corrected chi connectivity index (χ1v) is 35.3. The largest absolute Gasteiger partial charge is 0.462 e. The predicted molar refractivity (Wildman–Crippen MR) is 340 cm³/mol. The van der Waals surface area contributed by atoms with Crippen molar-refractivity contribution in [2.24, 2.45) is 0 Å². The lowest BCUT2D eigenvalue weighted by atomic mass is 10.0. The van der Waals surface area contributed by atoms with E-state index in [1.165, 1.54) is 295 Å². The van der Waals surface area contributed by atoms with E-state index in [4.69, 9.17) is 14.2 Å². The maximum Gasteiger partial charge on any atom is 0.306 e. The van der Waals surface area contributed by atoms with Crippen LogP contribution in [0.15, 0.2) is 24.3 Å². The van der Waals surface area contributed by atoms with Gasteiger partial charge < -0.3 is 14.2 Å². The van der Waals surface area contributed by atoms with Crippen molar-refractivity contribution < 1.29 is 28.6 Å².